The average Bonchev–Trinajstić information content (AvgIpc) is 3.16. The predicted octanol–water partition coefficient (Wildman–Crippen LogP) is 5.21. The number of anilines is 1. The Morgan fingerprint density at radius 3 is 2.24 bits per heavy atom. The van der Waals surface area contributed by atoms with E-state index in [0.29, 0.717) is 11.3 Å². The first-order valence-corrected chi connectivity index (χ1v) is 12.3. The summed E-state index contributed by atoms with van der Waals surface area (Å²) in [5.74, 6) is -3.19. The van der Waals surface area contributed by atoms with E-state index in [9.17, 15) is 27.9 Å². The summed E-state index contributed by atoms with van der Waals surface area (Å²) in [4.78, 5) is 30.8. The van der Waals surface area contributed by atoms with Crippen molar-refractivity contribution in [3.63, 3.8) is 0 Å². The summed E-state index contributed by atoms with van der Waals surface area (Å²) in [6.07, 6.45) is -4.92. The topological polar surface area (TPSA) is 134 Å². The molecule has 0 saturated heterocycles. The predicted molar refractivity (Wildman–Crippen MR) is 140 cm³/mol. The highest BCUT2D eigenvalue weighted by Gasteiger charge is 2.45. The summed E-state index contributed by atoms with van der Waals surface area (Å²) >= 11 is 0. The smallest absolute Gasteiger partial charge is 0.503 e. The second kappa shape index (κ2) is 11.7. The van der Waals surface area contributed by atoms with Gasteiger partial charge < -0.3 is 19.8 Å². The number of hydrogen-bond donors (Lipinski definition) is 2. The fourth-order valence-corrected chi connectivity index (χ4v) is 4.21. The number of halogens is 3. The molecule has 1 amide bonds. The Kier molecular flexibility index (Phi) is 8.26. The van der Waals surface area contributed by atoms with Crippen LogP contribution in [0.5, 0.6) is 5.75 Å². The van der Waals surface area contributed by atoms with Gasteiger partial charge in [-0.2, -0.15) is 5.10 Å². The maximum Gasteiger partial charge on any atom is 0.573 e. The van der Waals surface area contributed by atoms with E-state index in [1.54, 1.807) is 25.1 Å². The fraction of sp³-hybridized carbons (Fsp3) is 0.250. The standard InChI is InChI=1S/C28H25F3N4O6/c1-15(2)17-5-7-18(8-6-17)24(34-40-14-22(36)37)23-25(19-9-11-20(12-10-19)41-28(29,30)31)35(27(39)26(23)38)21-13-4-16(3)32-33-21/h4-13,15,25,38H,14H2,1-3H3,(H,36,37)/b34-24+. The zero-order chi connectivity index (χ0) is 29.9. The third-order valence-corrected chi connectivity index (χ3v) is 6.12. The summed E-state index contributed by atoms with van der Waals surface area (Å²) in [5.41, 5.74) is 2.04. The first-order valence-electron chi connectivity index (χ1n) is 12.3. The molecular formula is C28H25F3N4O6. The lowest BCUT2D eigenvalue weighted by atomic mass is 9.91. The Hall–Kier alpha value is -4.94. The van der Waals surface area contributed by atoms with Gasteiger partial charge in [0.25, 0.3) is 5.91 Å². The van der Waals surface area contributed by atoms with E-state index in [1.165, 1.54) is 18.2 Å². The van der Waals surface area contributed by atoms with Gasteiger partial charge in [0.1, 0.15) is 11.5 Å². The highest BCUT2D eigenvalue weighted by Crippen LogP contribution is 2.42. The third-order valence-electron chi connectivity index (χ3n) is 6.12. The number of oxime groups is 1. The molecule has 4 rings (SSSR count). The number of nitrogens with zero attached hydrogens (tertiary/aromatic N) is 4. The monoisotopic (exact) mass is 570 g/mol. The van der Waals surface area contributed by atoms with E-state index in [-0.39, 0.29) is 28.6 Å². The van der Waals surface area contributed by atoms with Crippen LogP contribution in [0.15, 0.2) is 77.2 Å². The van der Waals surface area contributed by atoms with Crippen LogP contribution < -0.4 is 9.64 Å². The normalized spacial score (nSPS) is 16.0. The van der Waals surface area contributed by atoms with Crippen LogP contribution in [0, 0.1) is 6.92 Å². The number of ether oxygens (including phenoxy) is 1. The van der Waals surface area contributed by atoms with E-state index in [4.69, 9.17) is 9.94 Å². The summed E-state index contributed by atoms with van der Waals surface area (Å²) in [7, 11) is 0. The van der Waals surface area contributed by atoms with Gasteiger partial charge >= 0.3 is 12.3 Å². The summed E-state index contributed by atoms with van der Waals surface area (Å²) in [5, 5.41) is 32.3. The molecule has 2 N–H and O–H groups in total. The molecule has 0 bridgehead atoms. The number of benzene rings is 2. The minimum absolute atomic E-state index is 0.0451. The van der Waals surface area contributed by atoms with Crippen LogP contribution in [0.1, 0.15) is 48.2 Å². The van der Waals surface area contributed by atoms with E-state index in [0.717, 1.165) is 22.6 Å². The van der Waals surface area contributed by atoms with E-state index >= 15 is 0 Å². The number of carbonyl (C=O) groups excluding carboxylic acids is 1. The van der Waals surface area contributed by atoms with Crippen LogP contribution in [0.25, 0.3) is 0 Å². The Labute approximate surface area is 232 Å². The Balaban J connectivity index is 1.88. The summed E-state index contributed by atoms with van der Waals surface area (Å²) < 4.78 is 42.3. The zero-order valence-electron chi connectivity index (χ0n) is 22.1. The number of aliphatic hydroxyl groups is 1. The number of carboxylic acid groups (broad SMARTS) is 1. The number of aliphatic hydroxyl groups excluding tert-OH is 1. The van der Waals surface area contributed by atoms with Gasteiger partial charge in [0.2, 0.25) is 6.61 Å². The van der Waals surface area contributed by atoms with Gasteiger partial charge in [0.15, 0.2) is 11.6 Å². The van der Waals surface area contributed by atoms with Gasteiger partial charge in [-0.1, -0.05) is 55.4 Å². The molecular weight excluding hydrogens is 545 g/mol. The second-order valence-electron chi connectivity index (χ2n) is 9.37. The number of carboxylic acids is 1. The van der Waals surface area contributed by atoms with Gasteiger partial charge in [-0.15, -0.1) is 18.3 Å². The van der Waals surface area contributed by atoms with Gasteiger partial charge in [-0.05, 0) is 48.2 Å². The summed E-state index contributed by atoms with van der Waals surface area (Å²) in [6, 6.07) is 13.6. The molecule has 1 aromatic heterocycles. The molecule has 214 valence electrons. The van der Waals surface area contributed by atoms with Crippen molar-refractivity contribution in [2.75, 3.05) is 11.5 Å². The van der Waals surface area contributed by atoms with Crippen LogP contribution in [0.2, 0.25) is 0 Å². The quantitative estimate of drug-likeness (QED) is 0.264. The van der Waals surface area contributed by atoms with Crippen LogP contribution in [-0.4, -0.2) is 51.0 Å². The molecule has 10 nitrogen and oxygen atoms in total. The molecule has 0 saturated carbocycles. The molecule has 3 aromatic rings. The van der Waals surface area contributed by atoms with Crippen LogP contribution in [-0.2, 0) is 14.4 Å². The van der Waals surface area contributed by atoms with Crippen molar-refractivity contribution >= 4 is 23.4 Å². The SMILES string of the molecule is Cc1ccc(N2C(=O)C(O)=C(/C(=N/OCC(=O)O)c3ccc(C(C)C)cc3)C2c2ccc(OC(F)(F)F)cc2)nn1. The van der Waals surface area contributed by atoms with Crippen LogP contribution in [0.4, 0.5) is 19.0 Å². The molecule has 1 atom stereocenters. The molecule has 0 fully saturated rings. The minimum atomic E-state index is -4.92. The lowest BCUT2D eigenvalue weighted by Gasteiger charge is -2.26. The average molecular weight is 571 g/mol. The maximum atomic E-state index is 13.5. The first-order chi connectivity index (χ1) is 19.4. The number of rotatable bonds is 9. The van der Waals surface area contributed by atoms with Crippen molar-refractivity contribution in [3.8, 4) is 5.75 Å². The molecule has 2 aromatic carbocycles. The van der Waals surface area contributed by atoms with E-state index < -0.39 is 42.4 Å². The highest BCUT2D eigenvalue weighted by atomic mass is 19.4. The van der Waals surface area contributed by atoms with Crippen molar-refractivity contribution in [2.45, 2.75) is 39.1 Å². The van der Waals surface area contributed by atoms with Crippen LogP contribution in [0.3, 0.4) is 0 Å². The number of hydrogen-bond acceptors (Lipinski definition) is 8. The van der Waals surface area contributed by atoms with Crippen molar-refractivity contribution < 1.29 is 42.5 Å². The molecule has 13 heteroatoms. The van der Waals surface area contributed by atoms with E-state index in [2.05, 4.69) is 20.1 Å². The molecule has 2 heterocycles. The Morgan fingerprint density at radius 1 is 1.05 bits per heavy atom. The van der Waals surface area contributed by atoms with Gasteiger partial charge in [-0.25, -0.2) is 4.79 Å². The summed E-state index contributed by atoms with van der Waals surface area (Å²) in [6.45, 7) is 4.86. The largest absolute Gasteiger partial charge is 0.573 e. The van der Waals surface area contributed by atoms with Crippen LogP contribution >= 0.6 is 0 Å². The molecule has 0 aliphatic carbocycles. The van der Waals surface area contributed by atoms with Crippen molar-refractivity contribution in [1.29, 1.82) is 0 Å². The molecule has 41 heavy (non-hydrogen) atoms. The number of aromatic nitrogens is 2. The first kappa shape index (κ1) is 29.1. The van der Waals surface area contributed by atoms with Crippen molar-refractivity contribution in [3.05, 3.63) is 94.4 Å². The van der Waals surface area contributed by atoms with Gasteiger partial charge in [0.05, 0.1) is 17.3 Å². The Bertz CT molecular complexity index is 1490. The minimum Gasteiger partial charge on any atom is -0.503 e. The molecule has 1 aliphatic heterocycles. The third kappa shape index (κ3) is 6.62. The molecule has 1 aliphatic rings. The number of aliphatic carboxylic acids is 1. The van der Waals surface area contributed by atoms with E-state index in [1.807, 2.05) is 26.0 Å². The van der Waals surface area contributed by atoms with Gasteiger partial charge in [-0.3, -0.25) is 9.69 Å². The second-order valence-corrected chi connectivity index (χ2v) is 9.37. The number of amides is 1. The lowest BCUT2D eigenvalue weighted by Crippen LogP contribution is -2.32. The maximum absolute atomic E-state index is 13.5. The molecule has 0 spiro atoms. The Morgan fingerprint density at radius 2 is 1.71 bits per heavy atom. The van der Waals surface area contributed by atoms with Crippen molar-refractivity contribution in [1.82, 2.24) is 10.2 Å². The number of alkyl halides is 3. The van der Waals surface area contributed by atoms with Gasteiger partial charge in [0, 0.05) is 5.56 Å². The number of carbonyl (C=O) groups is 2. The van der Waals surface area contributed by atoms with Crippen molar-refractivity contribution in [2.24, 2.45) is 5.16 Å². The molecule has 1 unspecified atom stereocenters. The zero-order valence-corrected chi connectivity index (χ0v) is 22.1. The number of aryl methyl sites for hydroxylation is 1. The highest BCUT2D eigenvalue weighted by molar-refractivity contribution is 6.22. The lowest BCUT2D eigenvalue weighted by molar-refractivity contribution is -0.274. The molecule has 0 radical (unpaired) electrons. The fourth-order valence-electron chi connectivity index (χ4n) is 4.21.